The molecule has 1 atom stereocenters. The predicted molar refractivity (Wildman–Crippen MR) is 108 cm³/mol. The van der Waals surface area contributed by atoms with Gasteiger partial charge in [-0.15, -0.1) is 0 Å². The highest BCUT2D eigenvalue weighted by Gasteiger charge is 2.31. The minimum Gasteiger partial charge on any atom is -0.350 e. The number of amidine groups is 1. The topological polar surface area (TPSA) is 87.6 Å². The lowest BCUT2D eigenvalue weighted by Gasteiger charge is -2.14. The molecule has 2 aromatic carbocycles. The highest BCUT2D eigenvalue weighted by atomic mass is 32.2. The summed E-state index contributed by atoms with van der Waals surface area (Å²) < 4.78 is 27.0. The molecule has 0 unspecified atom stereocenters. The zero-order chi connectivity index (χ0) is 19.3. The molecule has 2 aromatic rings. The first-order valence-corrected chi connectivity index (χ1v) is 11.4. The fraction of sp³-hybridized carbons (Fsp3) is 0.263. The molecule has 0 saturated carbocycles. The van der Waals surface area contributed by atoms with E-state index in [0.717, 1.165) is 11.3 Å². The van der Waals surface area contributed by atoms with Crippen LogP contribution in [0, 0.1) is 0 Å². The molecular formula is C19H21N3O3S2. The summed E-state index contributed by atoms with van der Waals surface area (Å²) in [7, 11) is -3.62. The second-order valence-electron chi connectivity index (χ2n) is 6.08. The molecule has 0 spiro atoms. The number of sulfonamides is 1. The highest BCUT2D eigenvalue weighted by molar-refractivity contribution is 7.98. The first kappa shape index (κ1) is 19.4. The first-order valence-electron chi connectivity index (χ1n) is 8.52. The van der Waals surface area contributed by atoms with Gasteiger partial charge in [0.05, 0.1) is 4.90 Å². The highest BCUT2D eigenvalue weighted by Crippen LogP contribution is 2.23. The molecule has 0 radical (unpaired) electrons. The number of hydrogen-bond acceptors (Lipinski definition) is 5. The van der Waals surface area contributed by atoms with E-state index in [1.165, 1.54) is 6.07 Å². The molecule has 6 nitrogen and oxygen atoms in total. The van der Waals surface area contributed by atoms with Crippen molar-refractivity contribution in [2.75, 3.05) is 12.0 Å². The number of benzene rings is 2. The van der Waals surface area contributed by atoms with Gasteiger partial charge in [-0.1, -0.05) is 42.5 Å². The molecule has 2 N–H and O–H groups in total. The van der Waals surface area contributed by atoms with Crippen LogP contribution in [0.4, 0.5) is 0 Å². The number of aliphatic imine (C=N–C) groups is 1. The lowest BCUT2D eigenvalue weighted by Crippen LogP contribution is -2.35. The molecule has 0 bridgehead atoms. The molecule has 0 fully saturated rings. The van der Waals surface area contributed by atoms with Gasteiger partial charge < -0.3 is 5.32 Å². The average molecular weight is 404 g/mol. The Balaban J connectivity index is 1.81. The second-order valence-corrected chi connectivity index (χ2v) is 8.72. The molecule has 0 aromatic heterocycles. The van der Waals surface area contributed by atoms with Crippen LogP contribution in [0.25, 0.3) is 0 Å². The summed E-state index contributed by atoms with van der Waals surface area (Å²) in [6, 6.07) is 15.6. The van der Waals surface area contributed by atoms with E-state index >= 15 is 0 Å². The normalized spacial score (nSPS) is 17.1. The van der Waals surface area contributed by atoms with Crippen LogP contribution in [0.3, 0.4) is 0 Å². The number of carbonyl (C=O) groups excluding carboxylic acids is 1. The maximum absolute atomic E-state index is 12.7. The quantitative estimate of drug-likeness (QED) is 0.742. The van der Waals surface area contributed by atoms with Crippen molar-refractivity contribution in [2.24, 2.45) is 4.99 Å². The van der Waals surface area contributed by atoms with Crippen LogP contribution in [0.2, 0.25) is 0 Å². The largest absolute Gasteiger partial charge is 0.350 e. The van der Waals surface area contributed by atoms with Crippen LogP contribution in [0.5, 0.6) is 0 Å². The Morgan fingerprint density at radius 2 is 1.85 bits per heavy atom. The summed E-state index contributed by atoms with van der Waals surface area (Å²) in [6.07, 6.45) is 2.48. The van der Waals surface area contributed by atoms with Crippen LogP contribution in [0.15, 0.2) is 64.5 Å². The molecular weight excluding hydrogens is 382 g/mol. The predicted octanol–water partition coefficient (Wildman–Crippen LogP) is 2.16. The lowest BCUT2D eigenvalue weighted by atomic mass is 10.1. The van der Waals surface area contributed by atoms with Crippen molar-refractivity contribution in [1.29, 1.82) is 0 Å². The molecule has 0 saturated heterocycles. The van der Waals surface area contributed by atoms with Crippen LogP contribution in [-0.2, 0) is 21.4 Å². The molecule has 27 heavy (non-hydrogen) atoms. The maximum Gasteiger partial charge on any atom is 0.263 e. The average Bonchev–Trinajstić information content (AvgIpc) is 2.94. The molecule has 1 aliphatic heterocycles. The SMILES string of the molecule is CSCC[C@H](N=C1NS(=O)(=O)c2ccccc21)C(=O)NCc1ccccc1. The molecule has 0 aliphatic carbocycles. The second kappa shape index (κ2) is 8.58. The van der Waals surface area contributed by atoms with Crippen LogP contribution in [0.1, 0.15) is 17.5 Å². The van der Waals surface area contributed by atoms with Gasteiger partial charge in [-0.3, -0.25) is 14.5 Å². The van der Waals surface area contributed by atoms with Crippen molar-refractivity contribution in [3.05, 3.63) is 65.7 Å². The number of thioether (sulfide) groups is 1. The van der Waals surface area contributed by atoms with Crippen LogP contribution in [-0.4, -0.2) is 38.2 Å². The minimum absolute atomic E-state index is 0.192. The Morgan fingerprint density at radius 1 is 1.15 bits per heavy atom. The molecule has 3 rings (SSSR count). The zero-order valence-corrected chi connectivity index (χ0v) is 16.5. The Bertz CT molecular complexity index is 944. The monoisotopic (exact) mass is 403 g/mol. The van der Waals surface area contributed by atoms with E-state index < -0.39 is 16.1 Å². The number of hydrogen-bond donors (Lipinski definition) is 2. The molecule has 1 aliphatic rings. The number of carbonyl (C=O) groups is 1. The van der Waals surface area contributed by atoms with Crippen molar-refractivity contribution in [3.63, 3.8) is 0 Å². The van der Waals surface area contributed by atoms with Gasteiger partial charge in [-0.2, -0.15) is 11.8 Å². The van der Waals surface area contributed by atoms with Gasteiger partial charge in [0.2, 0.25) is 5.91 Å². The van der Waals surface area contributed by atoms with E-state index in [4.69, 9.17) is 0 Å². The zero-order valence-electron chi connectivity index (χ0n) is 14.9. The molecule has 8 heteroatoms. The number of nitrogens with one attached hydrogen (secondary N) is 2. The Kier molecular flexibility index (Phi) is 6.18. The fourth-order valence-electron chi connectivity index (χ4n) is 2.77. The third-order valence-electron chi connectivity index (χ3n) is 4.16. The summed E-state index contributed by atoms with van der Waals surface area (Å²) in [5, 5.41) is 2.89. The van der Waals surface area contributed by atoms with Crippen LogP contribution < -0.4 is 10.0 Å². The van der Waals surface area contributed by atoms with E-state index in [1.54, 1.807) is 30.0 Å². The molecule has 1 heterocycles. The van der Waals surface area contributed by atoms with Crippen molar-refractivity contribution in [2.45, 2.75) is 23.9 Å². The van der Waals surface area contributed by atoms with Crippen molar-refractivity contribution < 1.29 is 13.2 Å². The first-order chi connectivity index (χ1) is 13.0. The summed E-state index contributed by atoms with van der Waals surface area (Å²) in [6.45, 7) is 0.405. The summed E-state index contributed by atoms with van der Waals surface area (Å²) in [5.41, 5.74) is 1.50. The van der Waals surface area contributed by atoms with Gasteiger partial charge in [-0.25, -0.2) is 8.42 Å². The minimum atomic E-state index is -3.62. The summed E-state index contributed by atoms with van der Waals surface area (Å²) in [5.74, 6) is 0.754. The summed E-state index contributed by atoms with van der Waals surface area (Å²) >= 11 is 1.62. The van der Waals surface area contributed by atoms with Gasteiger partial charge in [0, 0.05) is 12.1 Å². The van der Waals surface area contributed by atoms with E-state index in [1.807, 2.05) is 36.6 Å². The standard InChI is InChI=1S/C19H21N3O3S2/c1-26-12-11-16(19(23)20-13-14-7-3-2-4-8-14)21-18-15-9-5-6-10-17(15)27(24,25)22-18/h2-10,16H,11-13H2,1H3,(H,20,23)(H,21,22)/t16-/m0/s1. The fourth-order valence-corrected chi connectivity index (χ4v) is 4.47. The van der Waals surface area contributed by atoms with Gasteiger partial charge in [0.1, 0.15) is 11.9 Å². The van der Waals surface area contributed by atoms with Crippen molar-refractivity contribution >= 4 is 33.5 Å². The van der Waals surface area contributed by atoms with E-state index in [0.29, 0.717) is 18.5 Å². The smallest absolute Gasteiger partial charge is 0.263 e. The Morgan fingerprint density at radius 3 is 2.59 bits per heavy atom. The number of fused-ring (bicyclic) bond motifs is 1. The van der Waals surface area contributed by atoms with Gasteiger partial charge in [0.15, 0.2) is 0 Å². The van der Waals surface area contributed by atoms with E-state index in [2.05, 4.69) is 15.0 Å². The molecule has 1 amide bonds. The number of amides is 1. The summed E-state index contributed by atoms with van der Waals surface area (Å²) in [4.78, 5) is 17.3. The van der Waals surface area contributed by atoms with Gasteiger partial charge in [0.25, 0.3) is 10.0 Å². The maximum atomic E-state index is 12.7. The van der Waals surface area contributed by atoms with Crippen molar-refractivity contribution in [1.82, 2.24) is 10.0 Å². The lowest BCUT2D eigenvalue weighted by molar-refractivity contribution is -0.122. The number of rotatable bonds is 7. The van der Waals surface area contributed by atoms with E-state index in [-0.39, 0.29) is 16.6 Å². The number of nitrogens with zero attached hydrogens (tertiary/aromatic N) is 1. The Labute approximate surface area is 163 Å². The van der Waals surface area contributed by atoms with E-state index in [9.17, 15) is 13.2 Å². The van der Waals surface area contributed by atoms with Crippen molar-refractivity contribution in [3.8, 4) is 0 Å². The third-order valence-corrected chi connectivity index (χ3v) is 6.20. The Hall–Kier alpha value is -2.32. The third kappa shape index (κ3) is 4.70. The van der Waals surface area contributed by atoms with Gasteiger partial charge >= 0.3 is 0 Å². The van der Waals surface area contributed by atoms with Crippen LogP contribution >= 0.6 is 11.8 Å². The van der Waals surface area contributed by atoms with Gasteiger partial charge in [-0.05, 0) is 36.1 Å². The molecule has 142 valence electrons.